The number of hydrogen-bond donors (Lipinski definition) is 0. The molecule has 0 atom stereocenters. The van der Waals surface area contributed by atoms with Crippen LogP contribution in [0, 0.1) is 0 Å². The van der Waals surface area contributed by atoms with Crippen molar-refractivity contribution in [2.75, 3.05) is 39.3 Å². The molecule has 0 aliphatic rings. The molecule has 0 aromatic heterocycles. The summed E-state index contributed by atoms with van der Waals surface area (Å²) in [4.78, 5) is 0. The summed E-state index contributed by atoms with van der Waals surface area (Å²) in [5, 5.41) is 3.81. The fourth-order valence-corrected chi connectivity index (χ4v) is 8.46. The number of benzene rings is 6. The van der Waals surface area contributed by atoms with E-state index in [4.69, 9.17) is 9.47 Å². The Kier molecular flexibility index (Phi) is 17.2. The average Bonchev–Trinajstić information content (AvgIpc) is 3.25. The topological polar surface area (TPSA) is 18.5 Å². The zero-order valence-electron chi connectivity index (χ0n) is 36.2. The second-order valence-electron chi connectivity index (χ2n) is 15.8. The summed E-state index contributed by atoms with van der Waals surface area (Å²) in [5.41, 5.74) is 3.25. The zero-order valence-corrected chi connectivity index (χ0v) is 39.4. The quantitative estimate of drug-likeness (QED) is 0.0693. The van der Waals surface area contributed by atoms with Crippen LogP contribution < -0.4 is 43.4 Å². The molecule has 6 aromatic carbocycles. The molecule has 0 aliphatic heterocycles. The van der Waals surface area contributed by atoms with Gasteiger partial charge in [0, 0.05) is 22.3 Å². The highest BCUT2D eigenvalue weighted by atomic mass is 79.9. The van der Waals surface area contributed by atoms with Crippen molar-refractivity contribution in [1.82, 2.24) is 0 Å². The van der Waals surface area contributed by atoms with Gasteiger partial charge in [0.15, 0.2) is 0 Å². The highest BCUT2D eigenvalue weighted by Gasteiger charge is 2.33. The minimum Gasteiger partial charge on any atom is -1.00 e. The lowest BCUT2D eigenvalue weighted by molar-refractivity contribution is -0.936. The molecule has 0 spiro atoms. The lowest BCUT2D eigenvalue weighted by atomic mass is 9.88. The SMILES string of the molecule is CC[N+](CC)(CC)Cc1cc2ccccc2c(-c2c(OCc3ccc(C(F)(F)F)cc3)c(C[N+](CC)(CC)CC)cc3ccccc23)c1OCc1ccc(C(F)(F)F)cc1.[Br-].[Br-]. The summed E-state index contributed by atoms with van der Waals surface area (Å²) in [6, 6.07) is 30.8. The van der Waals surface area contributed by atoms with E-state index in [1.165, 1.54) is 24.3 Å². The van der Waals surface area contributed by atoms with Gasteiger partial charge in [0.1, 0.15) is 37.8 Å². The van der Waals surface area contributed by atoms with E-state index < -0.39 is 23.5 Å². The molecule has 0 aliphatic carbocycles. The first kappa shape index (κ1) is 50.5. The van der Waals surface area contributed by atoms with Crippen molar-refractivity contribution in [3.8, 4) is 22.6 Å². The lowest BCUT2D eigenvalue weighted by Gasteiger charge is -2.37. The first-order chi connectivity index (χ1) is 28.6. The van der Waals surface area contributed by atoms with Gasteiger partial charge in [0.2, 0.25) is 0 Å². The Bertz CT molecular complexity index is 2210. The molecule has 0 amide bonds. The molecule has 0 unspecified atom stereocenters. The molecule has 0 saturated heterocycles. The van der Waals surface area contributed by atoms with E-state index in [9.17, 15) is 26.3 Å². The zero-order chi connectivity index (χ0) is 43.3. The molecule has 4 nitrogen and oxygen atoms in total. The smallest absolute Gasteiger partial charge is 0.416 e. The van der Waals surface area contributed by atoms with Crippen molar-refractivity contribution >= 4 is 21.5 Å². The molecular formula is C50H56Br2F6N2O2. The van der Waals surface area contributed by atoms with Crippen LogP contribution in [0.4, 0.5) is 26.3 Å². The Hall–Kier alpha value is -4.10. The van der Waals surface area contributed by atoms with Gasteiger partial charge in [-0.1, -0.05) is 72.8 Å². The van der Waals surface area contributed by atoms with Crippen LogP contribution >= 0.6 is 0 Å². The van der Waals surface area contributed by atoms with Gasteiger partial charge >= 0.3 is 12.4 Å². The summed E-state index contributed by atoms with van der Waals surface area (Å²) < 4.78 is 97.0. The Morgan fingerprint density at radius 3 is 1.03 bits per heavy atom. The second kappa shape index (κ2) is 21.1. The largest absolute Gasteiger partial charge is 1.00 e. The molecular weight excluding hydrogens is 934 g/mol. The molecule has 0 saturated carbocycles. The molecule has 0 N–H and O–H groups in total. The summed E-state index contributed by atoms with van der Waals surface area (Å²) in [6.07, 6.45) is -8.93. The molecule has 334 valence electrons. The third kappa shape index (κ3) is 11.0. The predicted molar refractivity (Wildman–Crippen MR) is 230 cm³/mol. The average molecular weight is 991 g/mol. The minimum atomic E-state index is -4.47. The number of ether oxygens (including phenoxy) is 2. The van der Waals surface area contributed by atoms with Gasteiger partial charge in [-0.2, -0.15) is 26.3 Å². The molecule has 0 heterocycles. The maximum Gasteiger partial charge on any atom is 0.416 e. The number of halogens is 8. The van der Waals surface area contributed by atoms with E-state index in [1.807, 2.05) is 24.3 Å². The van der Waals surface area contributed by atoms with Gasteiger partial charge in [0.25, 0.3) is 0 Å². The van der Waals surface area contributed by atoms with Crippen LogP contribution in [0.3, 0.4) is 0 Å². The van der Waals surface area contributed by atoms with Crippen LogP contribution in [0.5, 0.6) is 11.5 Å². The van der Waals surface area contributed by atoms with Gasteiger partial charge in [-0.3, -0.25) is 0 Å². The monoisotopic (exact) mass is 988 g/mol. The van der Waals surface area contributed by atoms with Crippen molar-refractivity contribution < 1.29 is 78.7 Å². The fourth-order valence-electron chi connectivity index (χ4n) is 8.46. The first-order valence-electron chi connectivity index (χ1n) is 21.0. The molecule has 0 radical (unpaired) electrons. The second-order valence-corrected chi connectivity index (χ2v) is 15.8. The minimum absolute atomic E-state index is 0. The third-order valence-electron chi connectivity index (χ3n) is 12.8. The van der Waals surface area contributed by atoms with Crippen molar-refractivity contribution in [3.63, 3.8) is 0 Å². The van der Waals surface area contributed by atoms with Gasteiger partial charge in [0.05, 0.1) is 50.4 Å². The van der Waals surface area contributed by atoms with E-state index in [-0.39, 0.29) is 47.2 Å². The van der Waals surface area contributed by atoms with E-state index in [0.717, 1.165) is 116 Å². The number of alkyl halides is 6. The van der Waals surface area contributed by atoms with Gasteiger partial charge in [-0.25, -0.2) is 0 Å². The Balaban J connectivity index is 0.00000422. The standard InChI is InChI=1S/C50H56F6N2O2.2BrH/c1-7-57(8-2,9-3)31-39-29-37-17-13-15-19-43(37)45(47(39)59-33-35-21-25-41(26-22-35)49(51,52)53)46-44-20-16-14-18-38(44)30-40(32-58(10-4,11-5)12-6)48(46)60-34-36-23-27-42(28-24-36)50(54,55)56;;/h13-30H,7-12,31-34H2,1-6H3;2*1H/q+2;;/p-2. The lowest BCUT2D eigenvalue weighted by Crippen LogP contribution is -3.00. The van der Waals surface area contributed by atoms with Crippen LogP contribution in [-0.4, -0.2) is 48.2 Å². The van der Waals surface area contributed by atoms with Crippen molar-refractivity contribution in [2.24, 2.45) is 0 Å². The maximum absolute atomic E-state index is 13.6. The number of rotatable bonds is 17. The predicted octanol–water partition coefficient (Wildman–Crippen LogP) is 7.62. The summed E-state index contributed by atoms with van der Waals surface area (Å²) in [6.45, 7) is 19.7. The number of quaternary nitrogens is 2. The fraction of sp³-hybridized carbons (Fsp3) is 0.360. The summed E-state index contributed by atoms with van der Waals surface area (Å²) >= 11 is 0. The van der Waals surface area contributed by atoms with Gasteiger partial charge in [-0.15, -0.1) is 0 Å². The van der Waals surface area contributed by atoms with E-state index >= 15 is 0 Å². The van der Waals surface area contributed by atoms with Gasteiger partial charge < -0.3 is 52.4 Å². The number of nitrogens with zero attached hydrogens (tertiary/aromatic N) is 2. The van der Waals surface area contributed by atoms with E-state index in [0.29, 0.717) is 35.7 Å². The first-order valence-corrected chi connectivity index (χ1v) is 21.0. The van der Waals surface area contributed by atoms with Crippen molar-refractivity contribution in [3.05, 3.63) is 143 Å². The van der Waals surface area contributed by atoms with Crippen LogP contribution in [0.2, 0.25) is 0 Å². The van der Waals surface area contributed by atoms with E-state index in [1.54, 1.807) is 0 Å². The van der Waals surface area contributed by atoms with Crippen LogP contribution in [0.1, 0.15) is 74.9 Å². The Labute approximate surface area is 383 Å². The highest BCUT2D eigenvalue weighted by molar-refractivity contribution is 6.10. The summed E-state index contributed by atoms with van der Waals surface area (Å²) in [5.74, 6) is 1.24. The molecule has 0 bridgehead atoms. The maximum atomic E-state index is 13.6. The normalized spacial score (nSPS) is 12.3. The Morgan fingerprint density at radius 1 is 0.435 bits per heavy atom. The number of hydrogen-bond acceptors (Lipinski definition) is 2. The van der Waals surface area contributed by atoms with Crippen LogP contribution in [-0.2, 0) is 38.7 Å². The third-order valence-corrected chi connectivity index (χ3v) is 12.8. The molecule has 0 fully saturated rings. The summed E-state index contributed by atoms with van der Waals surface area (Å²) in [7, 11) is 0. The van der Waals surface area contributed by atoms with E-state index in [2.05, 4.69) is 77.9 Å². The van der Waals surface area contributed by atoms with Crippen molar-refractivity contribution in [2.45, 2.75) is 80.2 Å². The van der Waals surface area contributed by atoms with Crippen LogP contribution in [0.25, 0.3) is 32.7 Å². The van der Waals surface area contributed by atoms with Crippen molar-refractivity contribution in [1.29, 1.82) is 0 Å². The molecule has 6 aromatic rings. The molecule has 6 rings (SSSR count). The molecule has 12 heteroatoms. The highest BCUT2D eigenvalue weighted by Crippen LogP contribution is 2.50. The Morgan fingerprint density at radius 2 is 0.742 bits per heavy atom. The van der Waals surface area contributed by atoms with Crippen LogP contribution in [0.15, 0.2) is 109 Å². The molecule has 62 heavy (non-hydrogen) atoms. The number of fused-ring (bicyclic) bond motifs is 2. The van der Waals surface area contributed by atoms with Gasteiger partial charge in [-0.05, 0) is 111 Å².